The first-order valence-corrected chi connectivity index (χ1v) is 3.76. The molecule has 0 saturated heterocycles. The molecular weight excluding hydrogens is 150 g/mol. The standard InChI is InChI=1S/C10H9NO/c11-9-6-8-4-2-1-3-5-10(8)12-7-9/h1-7H,11H2. The number of hydrogen-bond donors (Lipinski definition) is 1. The van der Waals surface area contributed by atoms with Gasteiger partial charge in [0.2, 0.25) is 0 Å². The van der Waals surface area contributed by atoms with Crippen LogP contribution in [0.5, 0.6) is 0 Å². The number of ether oxygens (including phenoxy) is 1. The lowest BCUT2D eigenvalue weighted by atomic mass is 10.1. The van der Waals surface area contributed by atoms with Gasteiger partial charge in [0.15, 0.2) is 0 Å². The molecule has 0 bridgehead atoms. The molecule has 12 heavy (non-hydrogen) atoms. The fourth-order valence-electron chi connectivity index (χ4n) is 1.12. The first kappa shape index (κ1) is 6.98. The van der Waals surface area contributed by atoms with Gasteiger partial charge in [-0.1, -0.05) is 24.3 Å². The topological polar surface area (TPSA) is 35.2 Å². The lowest BCUT2D eigenvalue weighted by molar-refractivity contribution is 0.355. The summed E-state index contributed by atoms with van der Waals surface area (Å²) in [5.41, 5.74) is 7.23. The summed E-state index contributed by atoms with van der Waals surface area (Å²) >= 11 is 0. The van der Waals surface area contributed by atoms with Crippen LogP contribution in [0.15, 0.2) is 59.7 Å². The van der Waals surface area contributed by atoms with Crippen LogP contribution in [-0.4, -0.2) is 0 Å². The van der Waals surface area contributed by atoms with Crippen LogP contribution in [0, 0.1) is 0 Å². The molecule has 0 unspecified atom stereocenters. The van der Waals surface area contributed by atoms with Crippen LogP contribution in [0.2, 0.25) is 0 Å². The number of nitrogens with two attached hydrogens (primary N) is 1. The molecule has 1 heterocycles. The van der Waals surface area contributed by atoms with Crippen LogP contribution in [0.3, 0.4) is 0 Å². The van der Waals surface area contributed by atoms with Crippen molar-refractivity contribution in [3.05, 3.63) is 59.7 Å². The van der Waals surface area contributed by atoms with Crippen molar-refractivity contribution in [3.8, 4) is 0 Å². The van der Waals surface area contributed by atoms with Gasteiger partial charge in [-0.3, -0.25) is 0 Å². The summed E-state index contributed by atoms with van der Waals surface area (Å²) in [6.45, 7) is 0. The van der Waals surface area contributed by atoms with E-state index in [1.807, 2.05) is 36.5 Å². The Kier molecular flexibility index (Phi) is 1.59. The second-order valence-electron chi connectivity index (χ2n) is 2.61. The van der Waals surface area contributed by atoms with Crippen LogP contribution in [0.1, 0.15) is 0 Å². The van der Waals surface area contributed by atoms with Crippen LogP contribution in [0.25, 0.3) is 0 Å². The number of allylic oxidation sites excluding steroid dienone is 6. The van der Waals surface area contributed by atoms with Crippen molar-refractivity contribution in [2.75, 3.05) is 0 Å². The Morgan fingerprint density at radius 1 is 1.17 bits per heavy atom. The average Bonchev–Trinajstić information content (AvgIpc) is 2.28. The van der Waals surface area contributed by atoms with Crippen molar-refractivity contribution in [2.45, 2.75) is 0 Å². The van der Waals surface area contributed by atoms with E-state index in [4.69, 9.17) is 10.5 Å². The summed E-state index contributed by atoms with van der Waals surface area (Å²) in [6.07, 6.45) is 13.1. The molecule has 2 rings (SSSR count). The number of hydrogen-bond acceptors (Lipinski definition) is 2. The molecule has 1 aliphatic heterocycles. The fourth-order valence-corrected chi connectivity index (χ4v) is 1.12. The number of fused-ring (bicyclic) bond motifs is 1. The molecule has 0 atom stereocenters. The second-order valence-corrected chi connectivity index (χ2v) is 2.61. The highest BCUT2D eigenvalue weighted by molar-refractivity contribution is 5.47. The normalized spacial score (nSPS) is 19.8. The highest BCUT2D eigenvalue weighted by Crippen LogP contribution is 2.21. The monoisotopic (exact) mass is 159 g/mol. The van der Waals surface area contributed by atoms with Gasteiger partial charge in [-0.15, -0.1) is 0 Å². The molecule has 0 saturated carbocycles. The van der Waals surface area contributed by atoms with Crippen LogP contribution < -0.4 is 5.73 Å². The quantitative estimate of drug-likeness (QED) is 0.584. The Bertz CT molecular complexity index is 343. The zero-order valence-electron chi connectivity index (χ0n) is 6.53. The number of rotatable bonds is 0. The van der Waals surface area contributed by atoms with E-state index in [-0.39, 0.29) is 0 Å². The van der Waals surface area contributed by atoms with Crippen molar-refractivity contribution in [2.24, 2.45) is 5.73 Å². The lowest BCUT2D eigenvalue weighted by Crippen LogP contribution is -2.03. The van der Waals surface area contributed by atoms with Gasteiger partial charge in [0.1, 0.15) is 12.0 Å². The van der Waals surface area contributed by atoms with E-state index in [2.05, 4.69) is 0 Å². The molecule has 0 radical (unpaired) electrons. The van der Waals surface area contributed by atoms with Gasteiger partial charge in [-0.05, 0) is 12.2 Å². The van der Waals surface area contributed by atoms with Gasteiger partial charge < -0.3 is 10.5 Å². The molecule has 1 aliphatic carbocycles. The first-order valence-electron chi connectivity index (χ1n) is 3.76. The molecule has 0 aromatic carbocycles. The van der Waals surface area contributed by atoms with Gasteiger partial charge in [0.05, 0.1) is 5.70 Å². The van der Waals surface area contributed by atoms with Gasteiger partial charge in [0, 0.05) is 5.57 Å². The molecule has 2 heteroatoms. The highest BCUT2D eigenvalue weighted by atomic mass is 16.5. The van der Waals surface area contributed by atoms with Crippen LogP contribution in [-0.2, 0) is 4.74 Å². The summed E-state index contributed by atoms with van der Waals surface area (Å²) in [6, 6.07) is 0. The van der Waals surface area contributed by atoms with Crippen molar-refractivity contribution >= 4 is 0 Å². The zero-order valence-corrected chi connectivity index (χ0v) is 6.53. The minimum absolute atomic E-state index is 0.647. The minimum atomic E-state index is 0.647. The Hall–Kier alpha value is -1.70. The summed E-state index contributed by atoms with van der Waals surface area (Å²) < 4.78 is 5.28. The average molecular weight is 159 g/mol. The van der Waals surface area contributed by atoms with E-state index in [9.17, 15) is 0 Å². The maximum Gasteiger partial charge on any atom is 0.133 e. The van der Waals surface area contributed by atoms with Gasteiger partial charge in [-0.2, -0.15) is 0 Å². The Morgan fingerprint density at radius 2 is 2.08 bits per heavy atom. The van der Waals surface area contributed by atoms with Crippen molar-refractivity contribution in [3.63, 3.8) is 0 Å². The zero-order chi connectivity index (χ0) is 8.39. The van der Waals surface area contributed by atoms with Gasteiger partial charge in [0.25, 0.3) is 0 Å². The molecule has 0 spiro atoms. The van der Waals surface area contributed by atoms with Gasteiger partial charge in [-0.25, -0.2) is 0 Å². The van der Waals surface area contributed by atoms with Crippen molar-refractivity contribution < 1.29 is 4.74 Å². The summed E-state index contributed by atoms with van der Waals surface area (Å²) in [5, 5.41) is 0. The van der Waals surface area contributed by atoms with Gasteiger partial charge >= 0.3 is 0 Å². The summed E-state index contributed by atoms with van der Waals surface area (Å²) in [7, 11) is 0. The van der Waals surface area contributed by atoms with Crippen LogP contribution >= 0.6 is 0 Å². The Balaban J connectivity index is 2.43. The predicted octanol–water partition coefficient (Wildman–Crippen LogP) is 1.75. The first-order chi connectivity index (χ1) is 5.86. The Labute approximate surface area is 71.0 Å². The largest absolute Gasteiger partial charge is 0.462 e. The van der Waals surface area contributed by atoms with Crippen LogP contribution in [0.4, 0.5) is 0 Å². The third-order valence-electron chi connectivity index (χ3n) is 1.67. The third kappa shape index (κ3) is 1.19. The molecule has 2 nitrogen and oxygen atoms in total. The molecule has 60 valence electrons. The fraction of sp³-hybridized carbons (Fsp3) is 0. The lowest BCUT2D eigenvalue weighted by Gasteiger charge is -2.11. The minimum Gasteiger partial charge on any atom is -0.462 e. The summed E-state index contributed by atoms with van der Waals surface area (Å²) in [4.78, 5) is 0. The molecular formula is C10H9NO. The van der Waals surface area contributed by atoms with E-state index in [1.165, 1.54) is 0 Å². The van der Waals surface area contributed by atoms with E-state index in [0.29, 0.717) is 5.70 Å². The smallest absolute Gasteiger partial charge is 0.133 e. The molecule has 2 aliphatic rings. The van der Waals surface area contributed by atoms with E-state index < -0.39 is 0 Å². The SMILES string of the molecule is NC1=COC2=CC=CC=CC2=C1. The van der Waals surface area contributed by atoms with E-state index >= 15 is 0 Å². The third-order valence-corrected chi connectivity index (χ3v) is 1.67. The molecule has 0 aromatic rings. The maximum atomic E-state index is 5.57. The molecule has 2 N–H and O–H groups in total. The van der Waals surface area contributed by atoms with Crippen molar-refractivity contribution in [1.29, 1.82) is 0 Å². The highest BCUT2D eigenvalue weighted by Gasteiger charge is 2.08. The Morgan fingerprint density at radius 3 is 3.00 bits per heavy atom. The van der Waals surface area contributed by atoms with E-state index in [1.54, 1.807) is 6.26 Å². The van der Waals surface area contributed by atoms with E-state index in [0.717, 1.165) is 11.3 Å². The van der Waals surface area contributed by atoms with Crippen molar-refractivity contribution in [1.82, 2.24) is 0 Å². The predicted molar refractivity (Wildman–Crippen MR) is 47.8 cm³/mol. The molecule has 0 aromatic heterocycles. The summed E-state index contributed by atoms with van der Waals surface area (Å²) in [5.74, 6) is 0.842. The molecule has 0 fully saturated rings. The molecule has 0 amide bonds. The maximum absolute atomic E-state index is 5.57. The second kappa shape index (κ2) is 2.74.